The predicted molar refractivity (Wildman–Crippen MR) is 77.1 cm³/mol. The Balaban J connectivity index is 2.16. The van der Waals surface area contributed by atoms with Gasteiger partial charge in [-0.25, -0.2) is 4.98 Å². The molecule has 2 heterocycles. The minimum atomic E-state index is -4.70. The molecule has 0 aliphatic heterocycles. The number of aromatic nitrogens is 4. The second-order valence-corrected chi connectivity index (χ2v) is 4.75. The molecule has 24 heavy (non-hydrogen) atoms. The fourth-order valence-corrected chi connectivity index (χ4v) is 2.15. The van der Waals surface area contributed by atoms with E-state index < -0.39 is 17.6 Å². The Morgan fingerprint density at radius 3 is 2.42 bits per heavy atom. The van der Waals surface area contributed by atoms with Crippen molar-refractivity contribution >= 4 is 5.78 Å². The van der Waals surface area contributed by atoms with Crippen molar-refractivity contribution < 1.29 is 22.6 Å². The lowest BCUT2D eigenvalue weighted by Crippen LogP contribution is -2.15. The van der Waals surface area contributed by atoms with Crippen molar-refractivity contribution in [3.8, 4) is 22.8 Å². The smallest absolute Gasteiger partial charge is 0.451 e. The lowest BCUT2D eigenvalue weighted by Gasteiger charge is -2.09. The molecule has 0 fully saturated rings. The first kappa shape index (κ1) is 15.8. The van der Waals surface area contributed by atoms with Crippen LogP contribution in [0.25, 0.3) is 17.0 Å². The van der Waals surface area contributed by atoms with Crippen molar-refractivity contribution in [2.24, 2.45) is 0 Å². The maximum absolute atomic E-state index is 12.7. The molecule has 1 N–H and O–H groups in total. The lowest BCUT2D eigenvalue weighted by atomic mass is 10.1. The molecule has 7 nitrogen and oxygen atoms in total. The summed E-state index contributed by atoms with van der Waals surface area (Å²) in [7, 11) is 2.91. The van der Waals surface area contributed by atoms with Gasteiger partial charge < -0.3 is 9.47 Å². The van der Waals surface area contributed by atoms with Crippen molar-refractivity contribution in [3.05, 3.63) is 40.4 Å². The molecule has 2 aromatic heterocycles. The van der Waals surface area contributed by atoms with Crippen LogP contribution in [0.5, 0.6) is 11.5 Å². The molecule has 0 spiro atoms. The molecule has 0 saturated carbocycles. The van der Waals surface area contributed by atoms with Gasteiger partial charge in [0.25, 0.3) is 11.3 Å². The summed E-state index contributed by atoms with van der Waals surface area (Å²) in [5, 5.41) is 1.88. The number of halogens is 3. The number of ether oxygens (including phenoxy) is 2. The summed E-state index contributed by atoms with van der Waals surface area (Å²) in [6.07, 6.45) is -4.70. The Morgan fingerprint density at radius 2 is 1.79 bits per heavy atom. The Hall–Kier alpha value is -3.04. The molecule has 0 aliphatic carbocycles. The molecule has 0 saturated heterocycles. The molecule has 10 heteroatoms. The van der Waals surface area contributed by atoms with Gasteiger partial charge in [-0.1, -0.05) is 0 Å². The van der Waals surface area contributed by atoms with Crippen LogP contribution in [-0.4, -0.2) is 33.8 Å². The summed E-state index contributed by atoms with van der Waals surface area (Å²) in [6.45, 7) is 0. The van der Waals surface area contributed by atoms with Crippen LogP contribution in [-0.2, 0) is 6.18 Å². The Bertz CT molecular complexity index is 962. The largest absolute Gasteiger partial charge is 0.493 e. The SMILES string of the molecule is COc1ccc(-c2cc(=O)n3[nH]c(C(F)(F)F)nc3n2)cc1OC. The van der Waals surface area contributed by atoms with Gasteiger partial charge in [-0.3, -0.25) is 9.89 Å². The minimum absolute atomic E-state index is 0.168. The molecule has 0 bridgehead atoms. The number of aromatic amines is 1. The summed E-state index contributed by atoms with van der Waals surface area (Å²) < 4.78 is 49.0. The topological polar surface area (TPSA) is 81.5 Å². The zero-order valence-electron chi connectivity index (χ0n) is 12.5. The van der Waals surface area contributed by atoms with Crippen LogP contribution in [0.15, 0.2) is 29.1 Å². The number of hydrogen-bond acceptors (Lipinski definition) is 5. The van der Waals surface area contributed by atoms with Gasteiger partial charge in [0.2, 0.25) is 5.82 Å². The molecule has 3 aromatic rings. The number of H-pyrrole nitrogens is 1. The highest BCUT2D eigenvalue weighted by Gasteiger charge is 2.35. The maximum atomic E-state index is 12.7. The average Bonchev–Trinajstić information content (AvgIpc) is 2.99. The van der Waals surface area contributed by atoms with E-state index in [9.17, 15) is 18.0 Å². The first-order chi connectivity index (χ1) is 11.3. The third kappa shape index (κ3) is 2.66. The summed E-state index contributed by atoms with van der Waals surface area (Å²) >= 11 is 0. The van der Waals surface area contributed by atoms with Crippen molar-refractivity contribution in [3.63, 3.8) is 0 Å². The van der Waals surface area contributed by atoms with Crippen LogP contribution in [0.4, 0.5) is 13.2 Å². The molecule has 0 amide bonds. The predicted octanol–water partition coefficient (Wildman–Crippen LogP) is 2.12. The fourth-order valence-electron chi connectivity index (χ4n) is 2.15. The van der Waals surface area contributed by atoms with E-state index in [1.54, 1.807) is 18.2 Å². The Labute approximate surface area is 132 Å². The van der Waals surface area contributed by atoms with Gasteiger partial charge in [0, 0.05) is 11.6 Å². The molecule has 0 atom stereocenters. The molecule has 0 aliphatic rings. The van der Waals surface area contributed by atoms with E-state index in [4.69, 9.17) is 9.47 Å². The fraction of sp³-hybridized carbons (Fsp3) is 0.214. The van der Waals surface area contributed by atoms with E-state index in [1.165, 1.54) is 14.2 Å². The van der Waals surface area contributed by atoms with Crippen LogP contribution in [0.3, 0.4) is 0 Å². The van der Waals surface area contributed by atoms with Crippen LogP contribution in [0.2, 0.25) is 0 Å². The van der Waals surface area contributed by atoms with Crippen molar-refractivity contribution in [2.75, 3.05) is 14.2 Å². The highest BCUT2D eigenvalue weighted by Crippen LogP contribution is 2.31. The summed E-state index contributed by atoms with van der Waals surface area (Å²) in [5.74, 6) is -0.802. The van der Waals surface area contributed by atoms with E-state index in [1.807, 2.05) is 5.10 Å². The zero-order chi connectivity index (χ0) is 17.5. The van der Waals surface area contributed by atoms with Gasteiger partial charge in [-0.05, 0) is 18.2 Å². The number of rotatable bonds is 3. The van der Waals surface area contributed by atoms with Crippen LogP contribution < -0.4 is 15.0 Å². The van der Waals surface area contributed by atoms with Gasteiger partial charge in [0.05, 0.1) is 19.9 Å². The second-order valence-electron chi connectivity index (χ2n) is 4.75. The van der Waals surface area contributed by atoms with E-state index >= 15 is 0 Å². The Morgan fingerprint density at radius 1 is 1.08 bits per heavy atom. The van der Waals surface area contributed by atoms with Gasteiger partial charge in [-0.2, -0.15) is 22.7 Å². The highest BCUT2D eigenvalue weighted by molar-refractivity contribution is 5.64. The first-order valence-electron chi connectivity index (χ1n) is 6.63. The third-order valence-corrected chi connectivity index (χ3v) is 3.28. The Kier molecular flexibility index (Phi) is 3.66. The molecular formula is C14H11F3N4O3. The number of alkyl halides is 3. The second kappa shape index (κ2) is 5.55. The molecule has 0 unspecified atom stereocenters. The lowest BCUT2D eigenvalue weighted by molar-refractivity contribution is -0.144. The molecule has 126 valence electrons. The number of nitrogens with zero attached hydrogens (tertiary/aromatic N) is 3. The number of hydrogen-bond donors (Lipinski definition) is 1. The maximum Gasteiger partial charge on any atom is 0.451 e. The van der Waals surface area contributed by atoms with E-state index in [0.717, 1.165) is 6.07 Å². The summed E-state index contributed by atoms with van der Waals surface area (Å²) in [5.41, 5.74) is -0.0715. The van der Waals surface area contributed by atoms with Crippen LogP contribution in [0, 0.1) is 0 Å². The molecule has 0 radical (unpaired) electrons. The number of benzene rings is 1. The van der Waals surface area contributed by atoms with Gasteiger partial charge in [-0.15, -0.1) is 0 Å². The first-order valence-corrected chi connectivity index (χ1v) is 6.63. The van der Waals surface area contributed by atoms with Gasteiger partial charge in [0.15, 0.2) is 11.5 Å². The van der Waals surface area contributed by atoms with Gasteiger partial charge >= 0.3 is 6.18 Å². The van der Waals surface area contributed by atoms with Crippen molar-refractivity contribution in [1.82, 2.24) is 19.6 Å². The van der Waals surface area contributed by atoms with E-state index in [2.05, 4.69) is 9.97 Å². The van der Waals surface area contributed by atoms with Crippen LogP contribution >= 0.6 is 0 Å². The third-order valence-electron chi connectivity index (χ3n) is 3.28. The number of methoxy groups -OCH3 is 2. The van der Waals surface area contributed by atoms with Gasteiger partial charge in [0.1, 0.15) is 0 Å². The van der Waals surface area contributed by atoms with Crippen molar-refractivity contribution in [1.29, 1.82) is 0 Å². The molecular weight excluding hydrogens is 329 g/mol. The zero-order valence-corrected chi connectivity index (χ0v) is 12.5. The number of fused-ring (bicyclic) bond motifs is 1. The molecule has 3 rings (SSSR count). The van der Waals surface area contributed by atoms with E-state index in [0.29, 0.717) is 21.6 Å². The monoisotopic (exact) mass is 340 g/mol. The quantitative estimate of drug-likeness (QED) is 0.790. The average molecular weight is 340 g/mol. The molecule has 1 aromatic carbocycles. The highest BCUT2D eigenvalue weighted by atomic mass is 19.4. The summed E-state index contributed by atoms with van der Waals surface area (Å²) in [4.78, 5) is 19.3. The van der Waals surface area contributed by atoms with Crippen LogP contribution in [0.1, 0.15) is 5.82 Å². The minimum Gasteiger partial charge on any atom is -0.493 e. The number of nitrogens with one attached hydrogen (secondary N) is 1. The van der Waals surface area contributed by atoms with Crippen molar-refractivity contribution in [2.45, 2.75) is 6.18 Å². The van der Waals surface area contributed by atoms with E-state index in [-0.39, 0.29) is 11.5 Å². The normalized spacial score (nSPS) is 11.7. The standard InChI is InChI=1S/C14H11F3N4O3/c1-23-9-4-3-7(5-10(9)24-2)8-6-11(22)21-13(18-8)19-12(20-21)14(15,16)17/h3-6H,1-2H3,(H,18,19,20). The summed E-state index contributed by atoms with van der Waals surface area (Å²) in [6, 6.07) is 5.88.